The molecule has 105 heavy (non-hydrogen) atoms. The summed E-state index contributed by atoms with van der Waals surface area (Å²) >= 11 is 3.76. The van der Waals surface area contributed by atoms with E-state index in [1.807, 2.05) is 66.7 Å². The highest BCUT2D eigenvalue weighted by Gasteiger charge is 2.54. The van der Waals surface area contributed by atoms with Crippen molar-refractivity contribution < 1.29 is 36.8 Å². The van der Waals surface area contributed by atoms with Crippen molar-refractivity contribution in [1.29, 1.82) is 0 Å². The number of furan rings is 2. The van der Waals surface area contributed by atoms with E-state index < -0.39 is 18.3 Å². The highest BCUT2D eigenvalue weighted by Crippen LogP contribution is 2.47. The van der Waals surface area contributed by atoms with Gasteiger partial charge in [-0.1, -0.05) is 214 Å². The standard InChI is InChI=1S/C42H36BNO3.C30H20BrNO.C18H28B2O4.CH4/c1-41(2)42(3,4)47-43(46-41)32-23-19-31(20-24-32)37-27-35(28-38-36-17-11-12-18-39(36)45-40(37)38)44(33-15-9-6-10-16-33)34-25-21-30(22-26-34)29-13-7-5-8-14-29;31-28-20-25(19-27-26-13-7-8-14-29(26)33-30(27)28)32(23-11-5-2-6-12-23)24-17-15-22(16-18-24)21-9-3-1-4-10-21;1-15(2)16(3,4)22-19(21-15)13-9-11-14(12-10-13)20-23-17(5,6)18(7,8)24-20;/h5-28H,1-4H3;1-20H;9-12H,1-8H3;1H4. The minimum absolute atomic E-state index is 0. The first-order valence-electron chi connectivity index (χ1n) is 35.7. The van der Waals surface area contributed by atoms with Crippen LogP contribution in [0.1, 0.15) is 90.5 Å². The number of fused-ring (bicyclic) bond motifs is 6. The Morgan fingerprint density at radius 3 is 0.905 bits per heavy atom. The van der Waals surface area contributed by atoms with Crippen molar-refractivity contribution >= 4 is 132 Å². The molecule has 0 unspecified atom stereocenters. The summed E-state index contributed by atoms with van der Waals surface area (Å²) in [6.07, 6.45) is 0. The number of halogens is 1. The lowest BCUT2D eigenvalue weighted by Gasteiger charge is -2.32. The average Bonchev–Trinajstić information content (AvgIpc) is 1.67. The van der Waals surface area contributed by atoms with Crippen LogP contribution in [-0.2, 0) is 27.9 Å². The van der Waals surface area contributed by atoms with Crippen LogP contribution in [0.5, 0.6) is 0 Å². The molecule has 14 aromatic rings. The van der Waals surface area contributed by atoms with Gasteiger partial charge in [0.2, 0.25) is 0 Å². The van der Waals surface area contributed by atoms with E-state index in [1.165, 1.54) is 22.3 Å². The number of nitrogens with zero attached hydrogens (tertiary/aromatic N) is 2. The topological polar surface area (TPSA) is 88.1 Å². The van der Waals surface area contributed by atoms with E-state index in [0.29, 0.717) is 0 Å². The number of anilines is 6. The van der Waals surface area contributed by atoms with Crippen molar-refractivity contribution in [1.82, 2.24) is 0 Å². The minimum Gasteiger partial charge on any atom is -0.455 e. The number of rotatable bonds is 12. The summed E-state index contributed by atoms with van der Waals surface area (Å²) in [6.45, 7) is 24.8. The molecule has 0 aliphatic carbocycles. The zero-order chi connectivity index (χ0) is 72.3. The molecular formula is C91H88B3BrN2O8. The fourth-order valence-electron chi connectivity index (χ4n) is 13.5. The predicted molar refractivity (Wildman–Crippen MR) is 441 cm³/mol. The molecule has 0 radical (unpaired) electrons. The van der Waals surface area contributed by atoms with E-state index in [2.05, 4.69) is 333 Å². The normalized spacial score (nSPS) is 16.5. The van der Waals surface area contributed by atoms with Crippen molar-refractivity contribution in [3.05, 3.63) is 296 Å². The van der Waals surface area contributed by atoms with Crippen molar-refractivity contribution in [2.45, 2.75) is 124 Å². The van der Waals surface area contributed by atoms with Crippen LogP contribution in [0.3, 0.4) is 0 Å². The van der Waals surface area contributed by atoms with Gasteiger partial charge >= 0.3 is 21.4 Å². The van der Waals surface area contributed by atoms with Gasteiger partial charge in [-0.3, -0.25) is 0 Å². The quantitative estimate of drug-likeness (QED) is 0.110. The Morgan fingerprint density at radius 2 is 0.533 bits per heavy atom. The molecule has 14 heteroatoms. The molecule has 2 aromatic heterocycles. The Morgan fingerprint density at radius 1 is 0.257 bits per heavy atom. The lowest BCUT2D eigenvalue weighted by molar-refractivity contribution is 0.00578. The second-order valence-corrected chi connectivity index (χ2v) is 30.9. The molecule has 0 amide bonds. The molecule has 0 spiro atoms. The molecule has 0 saturated carbocycles. The van der Waals surface area contributed by atoms with Crippen LogP contribution in [0.4, 0.5) is 34.1 Å². The van der Waals surface area contributed by atoms with Gasteiger partial charge in [0.15, 0.2) is 0 Å². The largest absolute Gasteiger partial charge is 0.494 e. The molecule has 3 saturated heterocycles. The molecular weight excluding hydrogens is 1360 g/mol. The molecule has 10 nitrogen and oxygen atoms in total. The molecule has 3 aliphatic rings. The average molecular weight is 1450 g/mol. The van der Waals surface area contributed by atoms with Gasteiger partial charge < -0.3 is 46.6 Å². The second-order valence-electron chi connectivity index (χ2n) is 30.1. The van der Waals surface area contributed by atoms with Gasteiger partial charge in [0.05, 0.1) is 38.1 Å². The SMILES string of the molecule is Brc1cc(N(c2ccccc2)c2ccc(-c3ccccc3)cc2)cc2c1oc1ccccc12.C.CC1(C)OB(c2ccc(-c3cc(N(c4ccccc4)c4ccc(-c5ccccc5)cc4)cc4c3oc3ccccc34)cc2)OC1(C)C.CC1(C)OB(c2ccc(B3OC(C)(C)C(C)(C)O3)cc2)OC1(C)C. The van der Waals surface area contributed by atoms with Gasteiger partial charge in [-0.25, -0.2) is 0 Å². The third kappa shape index (κ3) is 14.3. The maximum Gasteiger partial charge on any atom is 0.494 e. The van der Waals surface area contributed by atoms with Crippen molar-refractivity contribution in [3.63, 3.8) is 0 Å². The Balaban J connectivity index is 0.000000140. The van der Waals surface area contributed by atoms with Crippen LogP contribution >= 0.6 is 15.9 Å². The third-order valence-electron chi connectivity index (χ3n) is 21.6. The highest BCUT2D eigenvalue weighted by molar-refractivity contribution is 9.10. The summed E-state index contributed by atoms with van der Waals surface area (Å²) in [5.74, 6) is 0. The summed E-state index contributed by atoms with van der Waals surface area (Å²) in [5.41, 5.74) is 17.7. The lowest BCUT2D eigenvalue weighted by atomic mass is 9.74. The summed E-state index contributed by atoms with van der Waals surface area (Å²) < 4.78 is 50.7. The second kappa shape index (κ2) is 28.6. The number of benzene rings is 12. The first-order chi connectivity index (χ1) is 49.9. The van der Waals surface area contributed by atoms with Gasteiger partial charge in [-0.2, -0.15) is 0 Å². The summed E-state index contributed by atoms with van der Waals surface area (Å²) in [6, 6.07) is 101. The monoisotopic (exact) mass is 1450 g/mol. The van der Waals surface area contributed by atoms with Gasteiger partial charge in [0, 0.05) is 61.2 Å². The van der Waals surface area contributed by atoms with E-state index in [-0.39, 0.29) is 44.1 Å². The van der Waals surface area contributed by atoms with Crippen LogP contribution in [0, 0.1) is 0 Å². The maximum absolute atomic E-state index is 6.57. The van der Waals surface area contributed by atoms with Crippen LogP contribution in [-0.4, -0.2) is 55.0 Å². The third-order valence-corrected chi connectivity index (χ3v) is 22.2. The Hall–Kier alpha value is -9.73. The van der Waals surface area contributed by atoms with E-state index in [0.717, 1.165) is 110 Å². The molecule has 526 valence electrons. The fraction of sp³-hybridized carbons (Fsp3) is 0.209. The van der Waals surface area contributed by atoms with E-state index in [1.54, 1.807) is 0 Å². The lowest BCUT2D eigenvalue weighted by Crippen LogP contribution is -2.41. The fourth-order valence-corrected chi connectivity index (χ4v) is 14.1. The van der Waals surface area contributed by atoms with Crippen LogP contribution in [0.2, 0.25) is 0 Å². The zero-order valence-corrected chi connectivity index (χ0v) is 62.6. The molecule has 3 aliphatic heterocycles. The molecule has 0 bridgehead atoms. The predicted octanol–water partition coefficient (Wildman–Crippen LogP) is 23.1. The van der Waals surface area contributed by atoms with Gasteiger partial charge in [-0.05, 0) is 228 Å². The first-order valence-corrected chi connectivity index (χ1v) is 36.5. The van der Waals surface area contributed by atoms with Crippen molar-refractivity contribution in [3.8, 4) is 33.4 Å². The summed E-state index contributed by atoms with van der Waals surface area (Å²) in [5, 5.41) is 4.37. The van der Waals surface area contributed by atoms with Gasteiger partial charge in [0.1, 0.15) is 22.3 Å². The molecule has 0 N–H and O–H groups in total. The van der Waals surface area contributed by atoms with Crippen molar-refractivity contribution in [2.75, 3.05) is 9.80 Å². The van der Waals surface area contributed by atoms with Crippen molar-refractivity contribution in [2.24, 2.45) is 0 Å². The maximum atomic E-state index is 6.57. The summed E-state index contributed by atoms with van der Waals surface area (Å²) in [4.78, 5) is 4.60. The smallest absolute Gasteiger partial charge is 0.455 e. The number of para-hydroxylation sites is 4. The molecule has 12 aromatic carbocycles. The molecule has 17 rings (SSSR count). The van der Waals surface area contributed by atoms with Crippen LogP contribution in [0.25, 0.3) is 77.3 Å². The minimum atomic E-state index is -0.418. The van der Waals surface area contributed by atoms with Crippen LogP contribution < -0.4 is 26.2 Å². The zero-order valence-electron chi connectivity index (χ0n) is 61.0. The number of hydrogen-bond donors (Lipinski definition) is 0. The summed E-state index contributed by atoms with van der Waals surface area (Å²) in [7, 11) is -1.11. The first kappa shape index (κ1) is 72.2. The Bertz CT molecular complexity index is 5260. The molecule has 3 fully saturated rings. The van der Waals surface area contributed by atoms with E-state index >= 15 is 0 Å². The van der Waals surface area contributed by atoms with Gasteiger partial charge in [-0.15, -0.1) is 0 Å². The molecule has 5 heterocycles. The van der Waals surface area contributed by atoms with Crippen LogP contribution in [0.15, 0.2) is 304 Å². The Kier molecular flexibility index (Phi) is 19.7. The Labute approximate surface area is 627 Å². The van der Waals surface area contributed by atoms with E-state index in [4.69, 9.17) is 36.8 Å². The van der Waals surface area contributed by atoms with E-state index in [9.17, 15) is 0 Å². The molecule has 0 atom stereocenters. The van der Waals surface area contributed by atoms with Gasteiger partial charge in [0.25, 0.3) is 0 Å². The highest BCUT2D eigenvalue weighted by atomic mass is 79.9. The number of hydrogen-bond acceptors (Lipinski definition) is 10.